The van der Waals surface area contributed by atoms with Gasteiger partial charge in [0.2, 0.25) is 0 Å². The second-order valence-corrected chi connectivity index (χ2v) is 9.22. The van der Waals surface area contributed by atoms with Crippen LogP contribution >= 0.6 is 0 Å². The van der Waals surface area contributed by atoms with E-state index in [0.717, 1.165) is 6.08 Å². The zero-order valence-electron chi connectivity index (χ0n) is 15.4. The minimum absolute atomic E-state index is 0.0517. The number of esters is 1. The maximum Gasteiger partial charge on any atom is 0.331 e. The average molecular weight is 397 g/mol. The highest BCUT2D eigenvalue weighted by Gasteiger charge is 2.35. The number of rotatable bonds is 7. The fourth-order valence-corrected chi connectivity index (χ4v) is 4.60. The molecule has 1 aromatic rings. The predicted molar refractivity (Wildman–Crippen MR) is 100 cm³/mol. The highest BCUT2D eigenvalue weighted by molar-refractivity contribution is 7.91. The molecule has 1 heterocycles. The number of carbonyl (C=O) groups excluding carboxylic acids is 2. The maximum absolute atomic E-state index is 12.8. The van der Waals surface area contributed by atoms with E-state index < -0.39 is 28.3 Å². The third-order valence-corrected chi connectivity index (χ3v) is 5.90. The smallest absolute Gasteiger partial charge is 0.331 e. The lowest BCUT2D eigenvalue weighted by atomic mass is 10.1. The van der Waals surface area contributed by atoms with Gasteiger partial charge in [-0.25, -0.2) is 17.6 Å². The van der Waals surface area contributed by atoms with Crippen LogP contribution < -0.4 is 0 Å². The van der Waals surface area contributed by atoms with Crippen LogP contribution in [-0.4, -0.2) is 55.9 Å². The average Bonchev–Trinajstić information content (AvgIpc) is 2.96. The third-order valence-electron chi connectivity index (χ3n) is 4.15. The van der Waals surface area contributed by atoms with E-state index in [2.05, 4.69) is 0 Å². The fourth-order valence-electron chi connectivity index (χ4n) is 2.87. The summed E-state index contributed by atoms with van der Waals surface area (Å²) in [4.78, 5) is 25.8. The fraction of sp³-hybridized carbons (Fsp3) is 0.474. The summed E-state index contributed by atoms with van der Waals surface area (Å²) in [6.45, 7) is 3.82. The highest BCUT2D eigenvalue weighted by atomic mass is 32.2. The number of carbonyl (C=O) groups is 2. The molecule has 0 aliphatic carbocycles. The first-order valence-corrected chi connectivity index (χ1v) is 10.6. The van der Waals surface area contributed by atoms with Gasteiger partial charge in [-0.1, -0.05) is 26.0 Å². The minimum Gasteiger partial charge on any atom is -0.452 e. The summed E-state index contributed by atoms with van der Waals surface area (Å²) < 4.78 is 41.2. The number of hydrogen-bond donors (Lipinski definition) is 0. The second-order valence-electron chi connectivity index (χ2n) is 6.99. The van der Waals surface area contributed by atoms with Crippen molar-refractivity contribution in [3.63, 3.8) is 0 Å². The minimum atomic E-state index is -3.12. The SMILES string of the molecule is CC(C)CN(C(=O)COC(=O)/C=C/c1ccc(F)cc1)[C@@H]1CCS(=O)(=O)C1. The summed E-state index contributed by atoms with van der Waals surface area (Å²) >= 11 is 0. The molecule has 148 valence electrons. The van der Waals surface area contributed by atoms with Crippen molar-refractivity contribution in [1.29, 1.82) is 0 Å². The van der Waals surface area contributed by atoms with E-state index in [1.165, 1.54) is 35.2 Å². The van der Waals surface area contributed by atoms with Crippen LogP contribution in [-0.2, 0) is 24.2 Å². The number of nitrogens with zero attached hydrogens (tertiary/aromatic N) is 1. The van der Waals surface area contributed by atoms with Crippen molar-refractivity contribution in [2.45, 2.75) is 26.3 Å². The van der Waals surface area contributed by atoms with Gasteiger partial charge >= 0.3 is 5.97 Å². The van der Waals surface area contributed by atoms with Gasteiger partial charge in [-0.15, -0.1) is 0 Å². The molecule has 0 unspecified atom stereocenters. The Morgan fingerprint density at radius 2 is 1.96 bits per heavy atom. The lowest BCUT2D eigenvalue weighted by molar-refractivity contribution is -0.149. The molecule has 6 nitrogen and oxygen atoms in total. The molecule has 1 atom stereocenters. The van der Waals surface area contributed by atoms with Crippen molar-refractivity contribution >= 4 is 27.8 Å². The first-order chi connectivity index (χ1) is 12.7. The van der Waals surface area contributed by atoms with Crippen LogP contribution in [0.25, 0.3) is 6.08 Å². The van der Waals surface area contributed by atoms with Crippen molar-refractivity contribution in [1.82, 2.24) is 4.90 Å². The van der Waals surface area contributed by atoms with E-state index in [4.69, 9.17) is 4.74 Å². The number of amides is 1. The highest BCUT2D eigenvalue weighted by Crippen LogP contribution is 2.19. The predicted octanol–water partition coefficient (Wildman–Crippen LogP) is 2.05. The number of ether oxygens (including phenoxy) is 1. The van der Waals surface area contributed by atoms with Crippen LogP contribution in [0.15, 0.2) is 30.3 Å². The van der Waals surface area contributed by atoms with Crippen molar-refractivity contribution in [3.05, 3.63) is 41.7 Å². The van der Waals surface area contributed by atoms with E-state index in [0.29, 0.717) is 18.5 Å². The van der Waals surface area contributed by atoms with E-state index in [1.807, 2.05) is 13.8 Å². The van der Waals surface area contributed by atoms with Gasteiger partial charge in [0, 0.05) is 18.7 Å². The molecule has 0 bridgehead atoms. The van der Waals surface area contributed by atoms with Crippen LogP contribution in [0, 0.1) is 11.7 Å². The first kappa shape index (κ1) is 21.1. The first-order valence-electron chi connectivity index (χ1n) is 8.76. The van der Waals surface area contributed by atoms with Gasteiger partial charge in [0.15, 0.2) is 16.4 Å². The van der Waals surface area contributed by atoms with Crippen LogP contribution in [0.4, 0.5) is 4.39 Å². The quantitative estimate of drug-likeness (QED) is 0.520. The number of hydrogen-bond acceptors (Lipinski definition) is 5. The maximum atomic E-state index is 12.8. The molecule has 8 heteroatoms. The molecule has 1 aliphatic rings. The summed E-state index contributed by atoms with van der Waals surface area (Å²) in [5.41, 5.74) is 0.622. The molecule has 0 spiro atoms. The van der Waals surface area contributed by atoms with Gasteiger partial charge in [-0.3, -0.25) is 4.79 Å². The normalized spacial score (nSPS) is 18.7. The van der Waals surface area contributed by atoms with Crippen LogP contribution in [0.1, 0.15) is 25.8 Å². The molecule has 1 aromatic carbocycles. The van der Waals surface area contributed by atoms with Gasteiger partial charge in [0.25, 0.3) is 5.91 Å². The topological polar surface area (TPSA) is 80.8 Å². The Morgan fingerprint density at radius 3 is 2.52 bits per heavy atom. The van der Waals surface area contributed by atoms with Gasteiger partial charge < -0.3 is 9.64 Å². The van der Waals surface area contributed by atoms with Crippen LogP contribution in [0.2, 0.25) is 0 Å². The van der Waals surface area contributed by atoms with Gasteiger partial charge in [-0.2, -0.15) is 0 Å². The van der Waals surface area contributed by atoms with Crippen LogP contribution in [0.5, 0.6) is 0 Å². The van der Waals surface area contributed by atoms with Crippen molar-refractivity contribution in [2.24, 2.45) is 5.92 Å². The second kappa shape index (κ2) is 9.12. The molecule has 1 aliphatic heterocycles. The Kier molecular flexibility index (Phi) is 7.12. The molecule has 1 saturated heterocycles. The number of halogens is 1. The summed E-state index contributed by atoms with van der Waals surface area (Å²) in [6, 6.07) is 5.19. The Morgan fingerprint density at radius 1 is 1.30 bits per heavy atom. The summed E-state index contributed by atoms with van der Waals surface area (Å²) in [6.07, 6.45) is 3.02. The third kappa shape index (κ3) is 6.78. The molecule has 27 heavy (non-hydrogen) atoms. The van der Waals surface area contributed by atoms with E-state index >= 15 is 0 Å². The molecular weight excluding hydrogens is 373 g/mol. The molecule has 0 aromatic heterocycles. The summed E-state index contributed by atoms with van der Waals surface area (Å²) in [5, 5.41) is 0. The van der Waals surface area contributed by atoms with E-state index in [1.54, 1.807) is 0 Å². The van der Waals surface area contributed by atoms with E-state index in [9.17, 15) is 22.4 Å². The lowest BCUT2D eigenvalue weighted by Gasteiger charge is -2.29. The Bertz CT molecular complexity index is 802. The monoisotopic (exact) mass is 397 g/mol. The molecular formula is C19H24FNO5S. The Hall–Kier alpha value is -2.22. The van der Waals surface area contributed by atoms with Crippen molar-refractivity contribution in [3.8, 4) is 0 Å². The standard InChI is InChI=1S/C19H24FNO5S/c1-14(2)11-21(17-9-10-27(24,25)13-17)18(22)12-26-19(23)8-5-15-3-6-16(20)7-4-15/h3-8,14,17H,9-13H2,1-2H3/b8-5+/t17-/m1/s1. The van der Waals surface area contributed by atoms with Gasteiger partial charge in [0.05, 0.1) is 11.5 Å². The van der Waals surface area contributed by atoms with Gasteiger partial charge in [0.1, 0.15) is 5.82 Å². The molecule has 2 rings (SSSR count). The van der Waals surface area contributed by atoms with E-state index in [-0.39, 0.29) is 29.3 Å². The molecule has 0 N–H and O–H groups in total. The van der Waals surface area contributed by atoms with Gasteiger partial charge in [-0.05, 0) is 36.1 Å². The van der Waals surface area contributed by atoms with Crippen LogP contribution in [0.3, 0.4) is 0 Å². The Labute approximate surface area is 158 Å². The molecule has 0 saturated carbocycles. The van der Waals surface area contributed by atoms with Crippen molar-refractivity contribution in [2.75, 3.05) is 24.7 Å². The lowest BCUT2D eigenvalue weighted by Crippen LogP contribution is -2.45. The Balaban J connectivity index is 1.92. The number of benzene rings is 1. The number of sulfone groups is 1. The zero-order chi connectivity index (χ0) is 20.0. The summed E-state index contributed by atoms with van der Waals surface area (Å²) in [5.74, 6) is -1.31. The molecule has 1 fully saturated rings. The largest absolute Gasteiger partial charge is 0.452 e. The summed E-state index contributed by atoms with van der Waals surface area (Å²) in [7, 11) is -3.12. The zero-order valence-corrected chi connectivity index (χ0v) is 16.2. The van der Waals surface area contributed by atoms with Crippen molar-refractivity contribution < 1.29 is 27.1 Å². The molecule has 0 radical (unpaired) electrons. The molecule has 1 amide bonds.